The maximum absolute atomic E-state index is 6.09. The maximum Gasteiger partial charge on any atom is 0.143 e. The van der Waals surface area contributed by atoms with Crippen molar-refractivity contribution >= 4 is 5.69 Å². The number of aryl methyl sites for hydroxylation is 1. The molecule has 1 aromatic carbocycles. The van der Waals surface area contributed by atoms with Gasteiger partial charge in [-0.1, -0.05) is 12.1 Å². The summed E-state index contributed by atoms with van der Waals surface area (Å²) < 4.78 is 7.78. The molecule has 0 saturated carbocycles. The Morgan fingerprint density at radius 1 is 1.38 bits per heavy atom. The van der Waals surface area contributed by atoms with Crippen molar-refractivity contribution in [1.82, 2.24) is 9.78 Å². The fourth-order valence-corrected chi connectivity index (χ4v) is 2.78. The lowest BCUT2D eigenvalue weighted by molar-refractivity contribution is 0.305. The van der Waals surface area contributed by atoms with Crippen molar-refractivity contribution in [2.24, 2.45) is 12.8 Å². The molecule has 1 aliphatic heterocycles. The SMILES string of the molecule is Cn1cc(COc2ccccc2N2CCCC(N)C2)cn1. The first-order chi connectivity index (χ1) is 10.2. The van der Waals surface area contributed by atoms with E-state index < -0.39 is 0 Å². The summed E-state index contributed by atoms with van der Waals surface area (Å²) in [6.07, 6.45) is 6.05. The molecule has 0 amide bonds. The van der Waals surface area contributed by atoms with E-state index in [0.29, 0.717) is 6.61 Å². The largest absolute Gasteiger partial charge is 0.487 e. The van der Waals surface area contributed by atoms with E-state index in [2.05, 4.69) is 16.1 Å². The number of hydrogen-bond donors (Lipinski definition) is 1. The third-order valence-electron chi connectivity index (χ3n) is 3.82. The van der Waals surface area contributed by atoms with Gasteiger partial charge in [-0.05, 0) is 25.0 Å². The van der Waals surface area contributed by atoms with Crippen molar-refractivity contribution in [2.75, 3.05) is 18.0 Å². The van der Waals surface area contributed by atoms with Crippen molar-refractivity contribution in [3.05, 3.63) is 42.2 Å². The first-order valence-corrected chi connectivity index (χ1v) is 7.42. The molecule has 5 nitrogen and oxygen atoms in total. The van der Waals surface area contributed by atoms with Gasteiger partial charge in [0.05, 0.1) is 11.9 Å². The summed E-state index contributed by atoms with van der Waals surface area (Å²) in [5, 5.41) is 4.16. The Bertz CT molecular complexity index is 595. The van der Waals surface area contributed by atoms with Gasteiger partial charge in [0.15, 0.2) is 0 Å². The second-order valence-electron chi connectivity index (χ2n) is 5.63. The number of anilines is 1. The molecule has 1 atom stereocenters. The highest BCUT2D eigenvalue weighted by molar-refractivity contribution is 5.58. The zero-order chi connectivity index (χ0) is 14.7. The Morgan fingerprint density at radius 2 is 2.24 bits per heavy atom. The maximum atomic E-state index is 6.09. The lowest BCUT2D eigenvalue weighted by atomic mass is 10.1. The topological polar surface area (TPSA) is 56.3 Å². The third-order valence-corrected chi connectivity index (χ3v) is 3.82. The highest BCUT2D eigenvalue weighted by atomic mass is 16.5. The monoisotopic (exact) mass is 286 g/mol. The number of benzene rings is 1. The van der Waals surface area contributed by atoms with Crippen molar-refractivity contribution in [2.45, 2.75) is 25.5 Å². The van der Waals surface area contributed by atoms with Gasteiger partial charge >= 0.3 is 0 Å². The molecular weight excluding hydrogens is 264 g/mol. The number of nitrogens with two attached hydrogens (primary N) is 1. The van der Waals surface area contributed by atoms with Gasteiger partial charge in [0.1, 0.15) is 12.4 Å². The van der Waals surface area contributed by atoms with Gasteiger partial charge in [-0.25, -0.2) is 0 Å². The van der Waals surface area contributed by atoms with Gasteiger partial charge in [0.2, 0.25) is 0 Å². The first kappa shape index (κ1) is 13.9. The summed E-state index contributed by atoms with van der Waals surface area (Å²) >= 11 is 0. The van der Waals surface area contributed by atoms with E-state index in [-0.39, 0.29) is 6.04 Å². The molecule has 1 unspecified atom stereocenters. The smallest absolute Gasteiger partial charge is 0.143 e. The minimum atomic E-state index is 0.255. The number of rotatable bonds is 4. The van der Waals surface area contributed by atoms with Crippen LogP contribution in [-0.2, 0) is 13.7 Å². The average molecular weight is 286 g/mol. The van der Waals surface area contributed by atoms with Crippen molar-refractivity contribution in [1.29, 1.82) is 0 Å². The van der Waals surface area contributed by atoms with Gasteiger partial charge in [0, 0.05) is 37.9 Å². The minimum absolute atomic E-state index is 0.255. The summed E-state index contributed by atoms with van der Waals surface area (Å²) in [4.78, 5) is 2.33. The summed E-state index contributed by atoms with van der Waals surface area (Å²) in [5.74, 6) is 0.912. The van der Waals surface area contributed by atoms with Crippen molar-refractivity contribution < 1.29 is 4.74 Å². The molecular formula is C16H22N4O. The zero-order valence-electron chi connectivity index (χ0n) is 12.4. The molecule has 5 heteroatoms. The molecule has 1 aliphatic rings. The van der Waals surface area contributed by atoms with Crippen LogP contribution in [0.5, 0.6) is 5.75 Å². The van der Waals surface area contributed by atoms with Gasteiger partial charge in [0.25, 0.3) is 0 Å². The van der Waals surface area contributed by atoms with Crippen LogP contribution >= 0.6 is 0 Å². The normalized spacial score (nSPS) is 18.8. The van der Waals surface area contributed by atoms with Crippen molar-refractivity contribution in [3.8, 4) is 5.75 Å². The van der Waals surface area contributed by atoms with Crippen LogP contribution < -0.4 is 15.4 Å². The zero-order valence-corrected chi connectivity index (χ0v) is 12.4. The molecule has 1 fully saturated rings. The van der Waals surface area contributed by atoms with Crippen LogP contribution in [0.2, 0.25) is 0 Å². The summed E-state index contributed by atoms with van der Waals surface area (Å²) in [6, 6.07) is 8.44. The highest BCUT2D eigenvalue weighted by Crippen LogP contribution is 2.30. The molecule has 0 radical (unpaired) electrons. The predicted octanol–water partition coefficient (Wildman–Crippen LogP) is 1.93. The summed E-state index contributed by atoms with van der Waals surface area (Å²) in [6.45, 7) is 2.47. The molecule has 2 N–H and O–H groups in total. The second kappa shape index (κ2) is 6.18. The highest BCUT2D eigenvalue weighted by Gasteiger charge is 2.19. The summed E-state index contributed by atoms with van der Waals surface area (Å²) in [5.41, 5.74) is 8.29. The molecule has 1 saturated heterocycles. The number of nitrogens with zero attached hydrogens (tertiary/aromatic N) is 3. The average Bonchev–Trinajstić information content (AvgIpc) is 2.91. The quantitative estimate of drug-likeness (QED) is 0.933. The van der Waals surface area contributed by atoms with Gasteiger partial charge in [-0.15, -0.1) is 0 Å². The van der Waals surface area contributed by atoms with Gasteiger partial charge in [-0.2, -0.15) is 5.10 Å². The van der Waals surface area contributed by atoms with Gasteiger partial charge in [-0.3, -0.25) is 4.68 Å². The molecule has 0 bridgehead atoms. The molecule has 21 heavy (non-hydrogen) atoms. The Morgan fingerprint density at radius 3 is 3.00 bits per heavy atom. The van der Waals surface area contributed by atoms with Crippen molar-refractivity contribution in [3.63, 3.8) is 0 Å². The Hall–Kier alpha value is -2.01. The van der Waals surface area contributed by atoms with Crippen LogP contribution in [0.3, 0.4) is 0 Å². The number of hydrogen-bond acceptors (Lipinski definition) is 4. The predicted molar refractivity (Wildman–Crippen MR) is 83.4 cm³/mol. The standard InChI is InChI=1S/C16H22N4O/c1-19-10-13(9-18-19)12-21-16-7-3-2-6-15(16)20-8-4-5-14(17)11-20/h2-3,6-7,9-10,14H,4-5,8,11-12,17H2,1H3. The second-order valence-corrected chi connectivity index (χ2v) is 5.63. The number of aromatic nitrogens is 2. The molecule has 3 rings (SSSR count). The molecule has 112 valence electrons. The Balaban J connectivity index is 1.72. The lowest BCUT2D eigenvalue weighted by Gasteiger charge is -2.33. The lowest BCUT2D eigenvalue weighted by Crippen LogP contribution is -2.42. The fourth-order valence-electron chi connectivity index (χ4n) is 2.78. The van der Waals surface area contributed by atoms with Crippen LogP contribution in [0.15, 0.2) is 36.7 Å². The number of piperidine rings is 1. The van der Waals surface area contributed by atoms with E-state index in [1.165, 1.54) is 0 Å². The Labute approximate surface area is 125 Å². The van der Waals surface area contributed by atoms with Gasteiger partial charge < -0.3 is 15.4 Å². The van der Waals surface area contributed by atoms with E-state index >= 15 is 0 Å². The summed E-state index contributed by atoms with van der Waals surface area (Å²) in [7, 11) is 1.91. The molecule has 1 aromatic heterocycles. The van der Waals surface area contributed by atoms with E-state index in [0.717, 1.165) is 42.9 Å². The van der Waals surface area contributed by atoms with Crippen LogP contribution in [0, 0.1) is 0 Å². The first-order valence-electron chi connectivity index (χ1n) is 7.42. The molecule has 2 heterocycles. The third kappa shape index (κ3) is 3.36. The van der Waals surface area contributed by atoms with E-state index in [1.54, 1.807) is 4.68 Å². The molecule has 0 spiro atoms. The fraction of sp³-hybridized carbons (Fsp3) is 0.438. The molecule has 2 aromatic rings. The number of para-hydroxylation sites is 2. The van der Waals surface area contributed by atoms with E-state index in [9.17, 15) is 0 Å². The van der Waals surface area contributed by atoms with Crippen LogP contribution in [0.25, 0.3) is 0 Å². The van der Waals surface area contributed by atoms with E-state index in [1.807, 2.05) is 37.6 Å². The molecule has 0 aliphatic carbocycles. The van der Waals surface area contributed by atoms with Crippen LogP contribution in [-0.4, -0.2) is 28.9 Å². The van der Waals surface area contributed by atoms with E-state index in [4.69, 9.17) is 10.5 Å². The van der Waals surface area contributed by atoms with Crippen LogP contribution in [0.1, 0.15) is 18.4 Å². The van der Waals surface area contributed by atoms with Crippen LogP contribution in [0.4, 0.5) is 5.69 Å². The Kier molecular flexibility index (Phi) is 4.10. The minimum Gasteiger partial charge on any atom is -0.487 e. The number of ether oxygens (including phenoxy) is 1.